The van der Waals surface area contributed by atoms with Crippen molar-refractivity contribution in [3.63, 3.8) is 0 Å². The summed E-state index contributed by atoms with van der Waals surface area (Å²) >= 11 is 0. The van der Waals surface area contributed by atoms with Crippen molar-refractivity contribution in [1.82, 2.24) is 5.32 Å². The summed E-state index contributed by atoms with van der Waals surface area (Å²) in [5.41, 5.74) is 5.64. The summed E-state index contributed by atoms with van der Waals surface area (Å²) in [7, 11) is -2.94. The van der Waals surface area contributed by atoms with Gasteiger partial charge in [-0.05, 0) is 12.8 Å². The molecule has 1 amide bonds. The highest BCUT2D eigenvalue weighted by atomic mass is 32.2. The predicted octanol–water partition coefficient (Wildman–Crippen LogP) is 0.0548. The molecule has 16 heavy (non-hydrogen) atoms. The van der Waals surface area contributed by atoms with Crippen molar-refractivity contribution in [2.75, 3.05) is 18.6 Å². The van der Waals surface area contributed by atoms with Gasteiger partial charge in [-0.25, -0.2) is 8.42 Å². The minimum Gasteiger partial charge on any atom is -0.355 e. The molecule has 3 N–H and O–H groups in total. The summed E-state index contributed by atoms with van der Waals surface area (Å²) in [5, 5.41) is 2.64. The summed E-state index contributed by atoms with van der Waals surface area (Å²) in [6.45, 7) is 2.41. The molecule has 0 rings (SSSR count). The third kappa shape index (κ3) is 8.67. The maximum Gasteiger partial charge on any atom is 0.236 e. The molecule has 0 saturated carbocycles. The average molecular weight is 250 g/mol. The Hall–Kier alpha value is -0.620. The lowest BCUT2D eigenvalue weighted by atomic mass is 10.1. The van der Waals surface area contributed by atoms with Gasteiger partial charge in [-0.15, -0.1) is 0 Å². The van der Waals surface area contributed by atoms with Gasteiger partial charge in [0.2, 0.25) is 5.91 Å². The number of hydrogen-bond acceptors (Lipinski definition) is 4. The highest BCUT2D eigenvalue weighted by molar-refractivity contribution is 7.90. The molecule has 0 fully saturated rings. The van der Waals surface area contributed by atoms with Crippen molar-refractivity contribution in [1.29, 1.82) is 0 Å². The maximum atomic E-state index is 11.4. The number of unbranched alkanes of at least 4 members (excludes halogenated alkanes) is 1. The minimum absolute atomic E-state index is 0.0947. The zero-order chi connectivity index (χ0) is 12.6. The lowest BCUT2D eigenvalue weighted by Crippen LogP contribution is -2.41. The van der Waals surface area contributed by atoms with E-state index in [0.29, 0.717) is 19.4 Å². The number of rotatable bonds is 8. The van der Waals surface area contributed by atoms with Crippen LogP contribution in [0.4, 0.5) is 0 Å². The Bertz CT molecular complexity index is 301. The van der Waals surface area contributed by atoms with Crippen LogP contribution in [0.2, 0.25) is 0 Å². The number of sulfone groups is 1. The van der Waals surface area contributed by atoms with Crippen LogP contribution in [0.15, 0.2) is 0 Å². The van der Waals surface area contributed by atoms with Gasteiger partial charge < -0.3 is 11.1 Å². The Balaban J connectivity index is 3.65. The molecule has 0 saturated heterocycles. The number of carbonyl (C=O) groups is 1. The minimum atomic E-state index is -2.94. The van der Waals surface area contributed by atoms with Crippen molar-refractivity contribution < 1.29 is 13.2 Å². The molecule has 96 valence electrons. The maximum absolute atomic E-state index is 11.4. The summed E-state index contributed by atoms with van der Waals surface area (Å²) in [4.78, 5) is 11.4. The SMILES string of the molecule is CCCC[C@H](N)C(=O)NCCCS(C)(=O)=O. The van der Waals surface area contributed by atoms with Gasteiger partial charge in [-0.1, -0.05) is 19.8 Å². The molecule has 0 heterocycles. The van der Waals surface area contributed by atoms with E-state index >= 15 is 0 Å². The van der Waals surface area contributed by atoms with Gasteiger partial charge in [-0.3, -0.25) is 4.79 Å². The van der Waals surface area contributed by atoms with Gasteiger partial charge in [-0.2, -0.15) is 0 Å². The van der Waals surface area contributed by atoms with Crippen LogP contribution >= 0.6 is 0 Å². The highest BCUT2D eigenvalue weighted by Crippen LogP contribution is 1.98. The Morgan fingerprint density at radius 2 is 2.00 bits per heavy atom. The van der Waals surface area contributed by atoms with Crippen LogP contribution < -0.4 is 11.1 Å². The van der Waals surface area contributed by atoms with E-state index in [-0.39, 0.29) is 11.7 Å². The van der Waals surface area contributed by atoms with E-state index in [1.165, 1.54) is 6.26 Å². The van der Waals surface area contributed by atoms with Crippen LogP contribution in [-0.2, 0) is 14.6 Å². The van der Waals surface area contributed by atoms with Gasteiger partial charge in [0.25, 0.3) is 0 Å². The molecule has 6 heteroatoms. The van der Waals surface area contributed by atoms with E-state index in [1.54, 1.807) is 0 Å². The second kappa shape index (κ2) is 7.62. The quantitative estimate of drug-likeness (QED) is 0.596. The first kappa shape index (κ1) is 15.4. The van der Waals surface area contributed by atoms with Crippen molar-refractivity contribution in [2.45, 2.75) is 38.6 Å². The smallest absolute Gasteiger partial charge is 0.236 e. The summed E-state index contributed by atoms with van der Waals surface area (Å²) in [5.74, 6) is -0.0979. The van der Waals surface area contributed by atoms with Crippen LogP contribution in [0.1, 0.15) is 32.6 Å². The Morgan fingerprint density at radius 3 is 2.50 bits per heavy atom. The topological polar surface area (TPSA) is 89.3 Å². The highest BCUT2D eigenvalue weighted by Gasteiger charge is 2.11. The van der Waals surface area contributed by atoms with E-state index < -0.39 is 15.9 Å². The van der Waals surface area contributed by atoms with Gasteiger partial charge in [0.1, 0.15) is 9.84 Å². The van der Waals surface area contributed by atoms with Crippen LogP contribution in [0, 0.1) is 0 Å². The van der Waals surface area contributed by atoms with Crippen LogP contribution in [0.5, 0.6) is 0 Å². The first-order valence-electron chi connectivity index (χ1n) is 5.58. The molecule has 0 aromatic heterocycles. The second-order valence-corrected chi connectivity index (χ2v) is 6.28. The standard InChI is InChI=1S/C10H22N2O3S/c1-3-4-6-9(11)10(13)12-7-5-8-16(2,14)15/h9H,3-8,11H2,1-2H3,(H,12,13)/t9-/m0/s1. The fourth-order valence-electron chi connectivity index (χ4n) is 1.23. The van der Waals surface area contributed by atoms with Crippen molar-refractivity contribution in [2.24, 2.45) is 5.73 Å². The van der Waals surface area contributed by atoms with Crippen LogP contribution in [0.25, 0.3) is 0 Å². The fraction of sp³-hybridized carbons (Fsp3) is 0.900. The summed E-state index contributed by atoms with van der Waals surface area (Å²) in [6.07, 6.45) is 4.23. The molecule has 0 radical (unpaired) electrons. The van der Waals surface area contributed by atoms with Gasteiger partial charge in [0, 0.05) is 12.8 Å². The summed E-state index contributed by atoms with van der Waals surface area (Å²) < 4.78 is 21.6. The van der Waals surface area contributed by atoms with Crippen molar-refractivity contribution in [3.8, 4) is 0 Å². The number of nitrogens with one attached hydrogen (secondary N) is 1. The lowest BCUT2D eigenvalue weighted by molar-refractivity contribution is -0.122. The third-order valence-electron chi connectivity index (χ3n) is 2.20. The zero-order valence-corrected chi connectivity index (χ0v) is 10.8. The molecule has 0 aliphatic carbocycles. The fourth-order valence-corrected chi connectivity index (χ4v) is 1.90. The van der Waals surface area contributed by atoms with E-state index in [9.17, 15) is 13.2 Å². The Kier molecular flexibility index (Phi) is 7.33. The normalized spacial score (nSPS) is 13.4. The molecule has 5 nitrogen and oxygen atoms in total. The predicted molar refractivity (Wildman–Crippen MR) is 64.8 cm³/mol. The number of carbonyl (C=O) groups excluding carboxylic acids is 1. The largest absolute Gasteiger partial charge is 0.355 e. The molecule has 0 spiro atoms. The number of hydrogen-bond donors (Lipinski definition) is 2. The zero-order valence-electron chi connectivity index (χ0n) is 10.0. The molecule has 0 aliphatic rings. The molecular weight excluding hydrogens is 228 g/mol. The lowest BCUT2D eigenvalue weighted by Gasteiger charge is -2.11. The third-order valence-corrected chi connectivity index (χ3v) is 3.23. The van der Waals surface area contributed by atoms with E-state index in [2.05, 4.69) is 5.32 Å². The van der Waals surface area contributed by atoms with Crippen molar-refractivity contribution >= 4 is 15.7 Å². The molecule has 0 aliphatic heterocycles. The second-order valence-electron chi connectivity index (χ2n) is 4.02. The monoisotopic (exact) mass is 250 g/mol. The van der Waals surface area contributed by atoms with E-state index in [0.717, 1.165) is 12.8 Å². The van der Waals surface area contributed by atoms with Crippen molar-refractivity contribution in [3.05, 3.63) is 0 Å². The molecule has 0 bridgehead atoms. The Labute approximate surface area is 97.7 Å². The molecule has 0 aromatic carbocycles. The molecule has 0 unspecified atom stereocenters. The van der Waals surface area contributed by atoms with Crippen LogP contribution in [-0.4, -0.2) is 38.9 Å². The first-order valence-corrected chi connectivity index (χ1v) is 7.64. The Morgan fingerprint density at radius 1 is 1.38 bits per heavy atom. The molecule has 1 atom stereocenters. The van der Waals surface area contributed by atoms with Gasteiger partial charge in [0.15, 0.2) is 0 Å². The summed E-state index contributed by atoms with van der Waals surface area (Å²) in [6, 6.07) is -0.474. The van der Waals surface area contributed by atoms with E-state index in [4.69, 9.17) is 5.73 Å². The number of amides is 1. The van der Waals surface area contributed by atoms with E-state index in [1.807, 2.05) is 6.92 Å². The average Bonchev–Trinajstić information content (AvgIpc) is 2.19. The van der Waals surface area contributed by atoms with Gasteiger partial charge in [0.05, 0.1) is 11.8 Å². The molecular formula is C10H22N2O3S. The van der Waals surface area contributed by atoms with Crippen LogP contribution in [0.3, 0.4) is 0 Å². The molecule has 0 aromatic rings. The number of nitrogens with two attached hydrogens (primary N) is 1. The first-order chi connectivity index (χ1) is 7.37. The van der Waals surface area contributed by atoms with Gasteiger partial charge >= 0.3 is 0 Å².